The molecule has 6 heteroatoms. The van der Waals surface area contributed by atoms with Gasteiger partial charge in [0.2, 0.25) is 5.91 Å². The minimum Gasteiger partial charge on any atom is -0.481 e. The lowest BCUT2D eigenvalue weighted by atomic mass is 9.92. The lowest BCUT2D eigenvalue weighted by molar-refractivity contribution is -0.151. The van der Waals surface area contributed by atoms with E-state index in [4.69, 9.17) is 4.74 Å². The number of carbonyl (C=O) groups excluding carboxylic acids is 1. The number of aliphatic carboxylic acids is 1. The van der Waals surface area contributed by atoms with Gasteiger partial charge in [-0.1, -0.05) is 0 Å². The van der Waals surface area contributed by atoms with Gasteiger partial charge in [0.1, 0.15) is 6.04 Å². The molecule has 19 heavy (non-hydrogen) atoms. The summed E-state index contributed by atoms with van der Waals surface area (Å²) in [5.74, 6) is -0.885. The van der Waals surface area contributed by atoms with Crippen molar-refractivity contribution in [3.05, 3.63) is 0 Å². The summed E-state index contributed by atoms with van der Waals surface area (Å²) in [4.78, 5) is 25.3. The van der Waals surface area contributed by atoms with E-state index < -0.39 is 11.4 Å². The Labute approximate surface area is 113 Å². The van der Waals surface area contributed by atoms with Crippen molar-refractivity contribution in [1.29, 1.82) is 0 Å². The highest BCUT2D eigenvalue weighted by molar-refractivity contribution is 5.82. The molecule has 0 bridgehead atoms. The molecular formula is C13H22N2O4. The van der Waals surface area contributed by atoms with Gasteiger partial charge in [0.15, 0.2) is 0 Å². The first-order valence-corrected chi connectivity index (χ1v) is 6.76. The van der Waals surface area contributed by atoms with Gasteiger partial charge in [-0.25, -0.2) is 0 Å². The van der Waals surface area contributed by atoms with Crippen LogP contribution in [0, 0.1) is 5.41 Å². The largest absolute Gasteiger partial charge is 0.481 e. The Morgan fingerprint density at radius 3 is 2.68 bits per heavy atom. The van der Waals surface area contributed by atoms with Gasteiger partial charge in [0.25, 0.3) is 0 Å². The van der Waals surface area contributed by atoms with E-state index >= 15 is 0 Å². The zero-order valence-corrected chi connectivity index (χ0v) is 11.5. The third-order valence-electron chi connectivity index (χ3n) is 3.64. The van der Waals surface area contributed by atoms with Crippen molar-refractivity contribution in [3.63, 3.8) is 0 Å². The van der Waals surface area contributed by atoms with E-state index in [1.54, 1.807) is 13.8 Å². The molecule has 1 saturated carbocycles. The van der Waals surface area contributed by atoms with Crippen molar-refractivity contribution in [2.24, 2.45) is 5.41 Å². The summed E-state index contributed by atoms with van der Waals surface area (Å²) in [7, 11) is 0. The number of rotatable bonds is 5. The van der Waals surface area contributed by atoms with E-state index in [0.717, 1.165) is 12.8 Å². The Bertz CT molecular complexity index is 366. The first-order valence-electron chi connectivity index (χ1n) is 6.76. The molecule has 0 aromatic carbocycles. The van der Waals surface area contributed by atoms with E-state index in [1.165, 1.54) is 0 Å². The maximum Gasteiger partial charge on any atom is 0.310 e. The highest BCUT2D eigenvalue weighted by atomic mass is 16.5. The molecule has 1 unspecified atom stereocenters. The van der Waals surface area contributed by atoms with Crippen molar-refractivity contribution in [2.45, 2.75) is 38.8 Å². The minimum atomic E-state index is -0.866. The first kappa shape index (κ1) is 14.3. The maximum atomic E-state index is 12.1. The van der Waals surface area contributed by atoms with E-state index in [0.29, 0.717) is 32.3 Å². The highest BCUT2D eigenvalue weighted by Gasteiger charge is 2.38. The normalized spacial score (nSPS) is 25.1. The van der Waals surface area contributed by atoms with Crippen LogP contribution in [-0.4, -0.2) is 60.3 Å². The third kappa shape index (κ3) is 3.67. The molecule has 2 fully saturated rings. The van der Waals surface area contributed by atoms with Crippen LogP contribution in [0.2, 0.25) is 0 Å². The van der Waals surface area contributed by atoms with Crippen LogP contribution in [0.15, 0.2) is 0 Å². The Morgan fingerprint density at radius 2 is 2.11 bits per heavy atom. The molecule has 1 atom stereocenters. The molecule has 0 spiro atoms. The number of carboxylic acid groups (broad SMARTS) is 1. The molecule has 1 aliphatic heterocycles. The van der Waals surface area contributed by atoms with Gasteiger partial charge < -0.3 is 15.2 Å². The average molecular weight is 270 g/mol. The third-order valence-corrected chi connectivity index (χ3v) is 3.64. The van der Waals surface area contributed by atoms with Crippen LogP contribution in [0.1, 0.15) is 26.7 Å². The highest BCUT2D eigenvalue weighted by Crippen LogP contribution is 2.22. The fourth-order valence-electron chi connectivity index (χ4n) is 2.17. The zero-order chi connectivity index (χ0) is 14.0. The number of amides is 1. The van der Waals surface area contributed by atoms with Crippen molar-refractivity contribution in [1.82, 2.24) is 10.2 Å². The summed E-state index contributed by atoms with van der Waals surface area (Å²) in [5.41, 5.74) is -0.866. The Morgan fingerprint density at radius 1 is 1.42 bits per heavy atom. The monoisotopic (exact) mass is 270 g/mol. The Kier molecular flexibility index (Phi) is 4.10. The molecule has 2 rings (SSSR count). The van der Waals surface area contributed by atoms with Crippen molar-refractivity contribution in [3.8, 4) is 0 Å². The summed E-state index contributed by atoms with van der Waals surface area (Å²) in [6.45, 7) is 5.20. The number of nitrogens with zero attached hydrogens (tertiary/aromatic N) is 1. The Hall–Kier alpha value is -1.14. The molecule has 2 aliphatic rings. The van der Waals surface area contributed by atoms with E-state index in [2.05, 4.69) is 5.32 Å². The van der Waals surface area contributed by atoms with Gasteiger partial charge in [-0.15, -0.1) is 0 Å². The van der Waals surface area contributed by atoms with Crippen molar-refractivity contribution >= 4 is 11.9 Å². The molecule has 6 nitrogen and oxygen atoms in total. The molecule has 1 saturated heterocycles. The van der Waals surface area contributed by atoms with Crippen LogP contribution in [0.3, 0.4) is 0 Å². The summed E-state index contributed by atoms with van der Waals surface area (Å²) >= 11 is 0. The second-order valence-electron chi connectivity index (χ2n) is 6.03. The number of morpholine rings is 1. The van der Waals surface area contributed by atoms with Gasteiger partial charge in [-0.05, 0) is 26.7 Å². The van der Waals surface area contributed by atoms with Crippen LogP contribution >= 0.6 is 0 Å². The number of hydrogen-bond donors (Lipinski definition) is 2. The smallest absolute Gasteiger partial charge is 0.310 e. The molecule has 0 aromatic heterocycles. The minimum absolute atomic E-state index is 0.0385. The average Bonchev–Trinajstić information content (AvgIpc) is 3.12. The predicted molar refractivity (Wildman–Crippen MR) is 68.8 cm³/mol. The van der Waals surface area contributed by atoms with E-state index in [-0.39, 0.29) is 11.9 Å². The van der Waals surface area contributed by atoms with Crippen LogP contribution in [-0.2, 0) is 14.3 Å². The second kappa shape index (κ2) is 5.46. The van der Waals surface area contributed by atoms with Gasteiger partial charge in [0, 0.05) is 19.1 Å². The fourth-order valence-corrected chi connectivity index (χ4v) is 2.17. The van der Waals surface area contributed by atoms with Gasteiger partial charge in [-0.3, -0.25) is 14.5 Å². The van der Waals surface area contributed by atoms with E-state index in [9.17, 15) is 14.7 Å². The first-order chi connectivity index (χ1) is 8.90. The fraction of sp³-hybridized carbons (Fsp3) is 0.846. The van der Waals surface area contributed by atoms with Crippen molar-refractivity contribution < 1.29 is 19.4 Å². The molecule has 108 valence electrons. The molecule has 1 aliphatic carbocycles. The predicted octanol–water partition coefficient (Wildman–Crippen LogP) is 0.0766. The lowest BCUT2D eigenvalue weighted by Gasteiger charge is -2.38. The van der Waals surface area contributed by atoms with Crippen LogP contribution in [0.4, 0.5) is 0 Å². The maximum absolute atomic E-state index is 12.1. The molecular weight excluding hydrogens is 248 g/mol. The summed E-state index contributed by atoms with van der Waals surface area (Å²) in [5, 5.41) is 12.2. The van der Waals surface area contributed by atoms with Crippen LogP contribution in [0.5, 0.6) is 0 Å². The number of carboxylic acids is 1. The van der Waals surface area contributed by atoms with Crippen LogP contribution < -0.4 is 5.32 Å². The van der Waals surface area contributed by atoms with Gasteiger partial charge in [-0.2, -0.15) is 0 Å². The van der Waals surface area contributed by atoms with Gasteiger partial charge in [0.05, 0.1) is 18.6 Å². The molecule has 0 aromatic rings. The molecule has 1 heterocycles. The zero-order valence-electron chi connectivity index (χ0n) is 11.5. The van der Waals surface area contributed by atoms with E-state index in [1.807, 2.05) is 4.90 Å². The number of nitrogens with one attached hydrogen (secondary N) is 1. The summed E-state index contributed by atoms with van der Waals surface area (Å²) in [6, 6.07) is -0.0586. The molecule has 1 amide bonds. The quantitative estimate of drug-likeness (QED) is 0.739. The standard InChI is InChI=1S/C13H22N2O4/c1-13(2,12(17)18)8-15-5-6-19-7-10(15)11(16)14-9-3-4-9/h9-10H,3-8H2,1-2H3,(H,14,16)(H,17,18). The van der Waals surface area contributed by atoms with Crippen molar-refractivity contribution in [2.75, 3.05) is 26.3 Å². The summed E-state index contributed by atoms with van der Waals surface area (Å²) < 4.78 is 5.36. The number of ether oxygens (including phenoxy) is 1. The van der Waals surface area contributed by atoms with Gasteiger partial charge >= 0.3 is 5.97 Å². The molecule has 2 N–H and O–H groups in total. The topological polar surface area (TPSA) is 78.9 Å². The Balaban J connectivity index is 1.98. The molecule has 0 radical (unpaired) electrons. The number of hydrogen-bond acceptors (Lipinski definition) is 4. The van der Waals surface area contributed by atoms with Crippen LogP contribution in [0.25, 0.3) is 0 Å². The SMILES string of the molecule is CC(C)(CN1CCOCC1C(=O)NC1CC1)C(=O)O. The number of carbonyl (C=O) groups is 2. The lowest BCUT2D eigenvalue weighted by Crippen LogP contribution is -2.57. The summed E-state index contributed by atoms with van der Waals surface area (Å²) in [6.07, 6.45) is 2.08. The second-order valence-corrected chi connectivity index (χ2v) is 6.03.